The van der Waals surface area contributed by atoms with Gasteiger partial charge in [0, 0.05) is 35.3 Å². The van der Waals surface area contributed by atoms with Crippen molar-refractivity contribution < 1.29 is 24.2 Å². The molecular weight excluding hydrogens is 364 g/mol. The van der Waals surface area contributed by atoms with Gasteiger partial charge < -0.3 is 18.8 Å². The van der Waals surface area contributed by atoms with Crippen molar-refractivity contribution in [3.8, 4) is 17.2 Å². The maximum absolute atomic E-state index is 12.7. The summed E-state index contributed by atoms with van der Waals surface area (Å²) in [6, 6.07) is 11.6. The molecule has 0 radical (unpaired) electrons. The molecule has 3 rings (SSSR count). The van der Waals surface area contributed by atoms with Gasteiger partial charge in [0.1, 0.15) is 23.9 Å². The average molecular weight is 384 g/mol. The van der Waals surface area contributed by atoms with Crippen LogP contribution < -0.4 is 25.2 Å². The summed E-state index contributed by atoms with van der Waals surface area (Å²) in [5, 5.41) is 9.85. The second-order valence-electron chi connectivity index (χ2n) is 5.95. The maximum atomic E-state index is 12.7. The van der Waals surface area contributed by atoms with Crippen molar-refractivity contribution in [3.63, 3.8) is 0 Å². The predicted octanol–water partition coefficient (Wildman–Crippen LogP) is 2.22. The summed E-state index contributed by atoms with van der Waals surface area (Å²) < 4.78 is 17.6. The molecule has 0 bridgehead atoms. The van der Waals surface area contributed by atoms with Crippen molar-refractivity contribution in [1.29, 1.82) is 0 Å². The number of nitrogens with one attached hydrogen (secondary N) is 1. The van der Waals surface area contributed by atoms with E-state index in [1.54, 1.807) is 56.2 Å². The van der Waals surface area contributed by atoms with Gasteiger partial charge in [-0.15, -0.1) is 0 Å². The molecule has 0 spiro atoms. The average Bonchev–Trinajstić information content (AvgIpc) is 2.74. The first kappa shape index (κ1) is 19.2. The fourth-order valence-electron chi connectivity index (χ4n) is 2.79. The SMILES string of the molecule is COc1cc(OC)cc(OCCn2ccc3ccc(C(=O)NO)cc3c2=O)c1. The molecule has 2 aromatic carbocycles. The predicted molar refractivity (Wildman–Crippen MR) is 103 cm³/mol. The minimum atomic E-state index is -0.674. The van der Waals surface area contributed by atoms with E-state index >= 15 is 0 Å². The molecule has 0 unspecified atom stereocenters. The number of benzene rings is 2. The normalized spacial score (nSPS) is 10.5. The van der Waals surface area contributed by atoms with Crippen LogP contribution >= 0.6 is 0 Å². The molecule has 8 nitrogen and oxygen atoms in total. The number of hydrogen-bond acceptors (Lipinski definition) is 6. The number of ether oxygens (including phenoxy) is 3. The Hall–Kier alpha value is -3.52. The molecule has 146 valence electrons. The van der Waals surface area contributed by atoms with Crippen LogP contribution in [0.1, 0.15) is 10.4 Å². The molecular formula is C20H20N2O6. The van der Waals surface area contributed by atoms with E-state index < -0.39 is 5.91 Å². The number of hydroxylamine groups is 1. The zero-order valence-electron chi connectivity index (χ0n) is 15.5. The summed E-state index contributed by atoms with van der Waals surface area (Å²) in [5.74, 6) is 1.10. The van der Waals surface area contributed by atoms with Crippen molar-refractivity contribution in [3.05, 3.63) is 64.6 Å². The largest absolute Gasteiger partial charge is 0.496 e. The van der Waals surface area contributed by atoms with Crippen molar-refractivity contribution >= 4 is 16.7 Å². The summed E-state index contributed by atoms with van der Waals surface area (Å²) in [6.45, 7) is 0.559. The van der Waals surface area contributed by atoms with E-state index in [1.165, 1.54) is 16.7 Å². The lowest BCUT2D eigenvalue weighted by molar-refractivity contribution is 0.0706. The number of nitrogens with zero attached hydrogens (tertiary/aromatic N) is 1. The molecule has 3 aromatic rings. The van der Waals surface area contributed by atoms with Gasteiger partial charge in [-0.25, -0.2) is 5.48 Å². The van der Waals surface area contributed by atoms with Gasteiger partial charge >= 0.3 is 0 Å². The molecule has 8 heteroatoms. The fraction of sp³-hybridized carbons (Fsp3) is 0.200. The number of pyridine rings is 1. The Morgan fingerprint density at radius 2 is 1.71 bits per heavy atom. The summed E-state index contributed by atoms with van der Waals surface area (Å²) in [7, 11) is 3.11. The Kier molecular flexibility index (Phi) is 5.81. The van der Waals surface area contributed by atoms with Gasteiger partial charge in [0.25, 0.3) is 11.5 Å². The minimum absolute atomic E-state index is 0.199. The van der Waals surface area contributed by atoms with Crippen molar-refractivity contribution in [2.45, 2.75) is 6.54 Å². The van der Waals surface area contributed by atoms with E-state index in [9.17, 15) is 9.59 Å². The van der Waals surface area contributed by atoms with E-state index in [0.717, 1.165) is 0 Å². The first-order valence-corrected chi connectivity index (χ1v) is 8.49. The fourth-order valence-corrected chi connectivity index (χ4v) is 2.79. The highest BCUT2D eigenvalue weighted by atomic mass is 16.5. The third kappa shape index (κ3) is 4.07. The first-order chi connectivity index (χ1) is 13.5. The smallest absolute Gasteiger partial charge is 0.274 e. The number of amides is 1. The molecule has 0 saturated heterocycles. The summed E-state index contributed by atoms with van der Waals surface area (Å²) in [5.41, 5.74) is 1.51. The van der Waals surface area contributed by atoms with Crippen LogP contribution in [0.2, 0.25) is 0 Å². The molecule has 0 saturated carbocycles. The van der Waals surface area contributed by atoms with Gasteiger partial charge in [0.05, 0.1) is 20.8 Å². The second kappa shape index (κ2) is 8.45. The van der Waals surface area contributed by atoms with Crippen LogP contribution in [0, 0.1) is 0 Å². The minimum Gasteiger partial charge on any atom is -0.496 e. The summed E-state index contributed by atoms with van der Waals surface area (Å²) in [6.07, 6.45) is 1.67. The van der Waals surface area contributed by atoms with Gasteiger partial charge in [-0.05, 0) is 23.6 Å². The Balaban J connectivity index is 1.78. The van der Waals surface area contributed by atoms with Crippen LogP contribution in [-0.4, -0.2) is 36.5 Å². The Morgan fingerprint density at radius 1 is 1.04 bits per heavy atom. The van der Waals surface area contributed by atoms with Gasteiger partial charge in [-0.1, -0.05) is 6.07 Å². The lowest BCUT2D eigenvalue weighted by Crippen LogP contribution is -2.23. The number of hydrogen-bond donors (Lipinski definition) is 2. The van der Waals surface area contributed by atoms with Crippen molar-refractivity contribution in [2.75, 3.05) is 20.8 Å². The van der Waals surface area contributed by atoms with Crippen LogP contribution in [-0.2, 0) is 6.54 Å². The molecule has 0 atom stereocenters. The standard InChI is InChI=1S/C20H20N2O6/c1-26-15-10-16(27-2)12-17(11-15)28-8-7-22-6-5-13-3-4-14(19(23)21-25)9-18(13)20(22)24/h3-6,9-12,25H,7-8H2,1-2H3,(H,21,23). The highest BCUT2D eigenvalue weighted by Crippen LogP contribution is 2.27. The Labute approximate surface area is 160 Å². The van der Waals surface area contributed by atoms with Crippen LogP contribution in [0.4, 0.5) is 0 Å². The Morgan fingerprint density at radius 3 is 2.36 bits per heavy atom. The van der Waals surface area contributed by atoms with E-state index in [-0.39, 0.29) is 17.7 Å². The quantitative estimate of drug-likeness (QED) is 0.479. The van der Waals surface area contributed by atoms with Crippen molar-refractivity contribution in [1.82, 2.24) is 10.0 Å². The van der Waals surface area contributed by atoms with E-state index in [4.69, 9.17) is 19.4 Å². The zero-order valence-corrected chi connectivity index (χ0v) is 15.5. The maximum Gasteiger partial charge on any atom is 0.274 e. The topological polar surface area (TPSA) is 99.0 Å². The highest BCUT2D eigenvalue weighted by molar-refractivity contribution is 5.97. The number of rotatable bonds is 7. The van der Waals surface area contributed by atoms with E-state index in [2.05, 4.69) is 0 Å². The molecule has 2 N–H and O–H groups in total. The lowest BCUT2D eigenvalue weighted by atomic mass is 10.1. The van der Waals surface area contributed by atoms with Crippen LogP contribution in [0.25, 0.3) is 10.8 Å². The summed E-state index contributed by atoms with van der Waals surface area (Å²) in [4.78, 5) is 24.3. The second-order valence-corrected chi connectivity index (χ2v) is 5.95. The van der Waals surface area contributed by atoms with E-state index in [0.29, 0.717) is 34.6 Å². The van der Waals surface area contributed by atoms with E-state index in [1.807, 2.05) is 0 Å². The molecule has 0 aliphatic carbocycles. The van der Waals surface area contributed by atoms with Gasteiger partial charge in [0.15, 0.2) is 0 Å². The van der Waals surface area contributed by atoms with Crippen molar-refractivity contribution in [2.24, 2.45) is 0 Å². The van der Waals surface area contributed by atoms with Gasteiger partial charge in [-0.3, -0.25) is 14.8 Å². The summed E-state index contributed by atoms with van der Waals surface area (Å²) >= 11 is 0. The number of methoxy groups -OCH3 is 2. The van der Waals surface area contributed by atoms with Gasteiger partial charge in [0.2, 0.25) is 0 Å². The zero-order chi connectivity index (χ0) is 20.1. The van der Waals surface area contributed by atoms with Crippen LogP contribution in [0.3, 0.4) is 0 Å². The van der Waals surface area contributed by atoms with Crippen LogP contribution in [0.15, 0.2) is 53.5 Å². The molecule has 1 heterocycles. The molecule has 0 aliphatic heterocycles. The number of carbonyl (C=O) groups excluding carboxylic acids is 1. The lowest BCUT2D eigenvalue weighted by Gasteiger charge is -2.12. The highest BCUT2D eigenvalue weighted by Gasteiger charge is 2.09. The third-order valence-electron chi connectivity index (χ3n) is 4.27. The number of fused-ring (bicyclic) bond motifs is 1. The third-order valence-corrected chi connectivity index (χ3v) is 4.27. The number of aromatic nitrogens is 1. The molecule has 0 fully saturated rings. The first-order valence-electron chi connectivity index (χ1n) is 8.49. The monoisotopic (exact) mass is 384 g/mol. The molecule has 1 aromatic heterocycles. The Bertz CT molecular complexity index is 1040. The molecule has 0 aliphatic rings. The molecule has 1 amide bonds. The number of carbonyl (C=O) groups is 1. The van der Waals surface area contributed by atoms with Crippen LogP contribution in [0.5, 0.6) is 17.2 Å². The van der Waals surface area contributed by atoms with Gasteiger partial charge in [-0.2, -0.15) is 0 Å². The molecule has 28 heavy (non-hydrogen) atoms.